The van der Waals surface area contributed by atoms with E-state index >= 15 is 0 Å². The van der Waals surface area contributed by atoms with E-state index in [4.69, 9.17) is 4.98 Å². The van der Waals surface area contributed by atoms with E-state index in [0.29, 0.717) is 12.0 Å². The zero-order valence-corrected chi connectivity index (χ0v) is 12.2. The van der Waals surface area contributed by atoms with Gasteiger partial charge in [-0.1, -0.05) is 42.5 Å². The van der Waals surface area contributed by atoms with Gasteiger partial charge in [0.05, 0.1) is 11.0 Å². The minimum absolute atomic E-state index is 0.466. The number of para-hydroxylation sites is 2. The van der Waals surface area contributed by atoms with Crippen molar-refractivity contribution < 1.29 is 0 Å². The number of imidazole rings is 1. The molecular weight excluding hydrogens is 258 g/mol. The fourth-order valence-corrected chi connectivity index (χ4v) is 3.46. The van der Waals surface area contributed by atoms with E-state index in [1.807, 2.05) is 12.1 Å². The van der Waals surface area contributed by atoms with Gasteiger partial charge in [0.1, 0.15) is 0 Å². The smallest absolute Gasteiger partial charge is 0.204 e. The molecule has 1 aliphatic heterocycles. The van der Waals surface area contributed by atoms with E-state index in [9.17, 15) is 0 Å². The second-order valence-corrected chi connectivity index (χ2v) is 5.82. The van der Waals surface area contributed by atoms with Crippen molar-refractivity contribution in [2.24, 2.45) is 0 Å². The number of anilines is 1. The lowest BCUT2D eigenvalue weighted by Crippen LogP contribution is -2.30. The molecular formula is C18H19N3. The lowest BCUT2D eigenvalue weighted by molar-refractivity contribution is 0.630. The fourth-order valence-electron chi connectivity index (χ4n) is 3.46. The van der Waals surface area contributed by atoms with E-state index in [1.54, 1.807) is 0 Å². The number of nitrogens with one attached hydrogen (secondary N) is 1. The summed E-state index contributed by atoms with van der Waals surface area (Å²) in [5, 5.41) is 0. The van der Waals surface area contributed by atoms with Crippen molar-refractivity contribution in [3.8, 4) is 0 Å². The van der Waals surface area contributed by atoms with Gasteiger partial charge in [0.25, 0.3) is 0 Å². The molecule has 3 aromatic rings. The van der Waals surface area contributed by atoms with Gasteiger partial charge in [0.2, 0.25) is 5.95 Å². The van der Waals surface area contributed by atoms with Gasteiger partial charge in [-0.05, 0) is 31.0 Å². The molecule has 0 spiro atoms. The molecule has 2 atom stereocenters. The summed E-state index contributed by atoms with van der Waals surface area (Å²) in [5.74, 6) is 1.58. The number of nitrogens with zero attached hydrogens (tertiary/aromatic N) is 2. The summed E-state index contributed by atoms with van der Waals surface area (Å²) in [5.41, 5.74) is 3.59. The normalized spacial score (nSPS) is 22.0. The number of benzene rings is 2. The molecule has 2 unspecified atom stereocenters. The molecule has 2 aromatic carbocycles. The molecule has 0 amide bonds. The third kappa shape index (κ3) is 2.09. The Hall–Kier alpha value is -2.29. The quantitative estimate of drug-likeness (QED) is 0.769. The third-order valence-corrected chi connectivity index (χ3v) is 4.63. The largest absolute Gasteiger partial charge is 0.339 e. The van der Waals surface area contributed by atoms with Gasteiger partial charge in [0.15, 0.2) is 0 Å². The van der Waals surface area contributed by atoms with Gasteiger partial charge in [-0.2, -0.15) is 0 Å². The number of rotatable bonds is 2. The first-order chi connectivity index (χ1) is 10.3. The highest BCUT2D eigenvalue weighted by atomic mass is 15.3. The van der Waals surface area contributed by atoms with Crippen LogP contribution in [0.3, 0.4) is 0 Å². The van der Waals surface area contributed by atoms with Crippen LogP contribution in [-0.4, -0.2) is 22.6 Å². The van der Waals surface area contributed by atoms with Crippen molar-refractivity contribution in [3.63, 3.8) is 0 Å². The summed E-state index contributed by atoms with van der Waals surface area (Å²) in [7, 11) is 0. The molecule has 4 rings (SSSR count). The Morgan fingerprint density at radius 2 is 1.81 bits per heavy atom. The number of aromatic nitrogens is 2. The van der Waals surface area contributed by atoms with Crippen LogP contribution < -0.4 is 4.90 Å². The first-order valence-corrected chi connectivity index (χ1v) is 7.59. The Balaban J connectivity index is 1.65. The molecule has 106 valence electrons. The van der Waals surface area contributed by atoms with Crippen LogP contribution in [0.15, 0.2) is 54.6 Å². The maximum atomic E-state index is 4.74. The standard InChI is InChI=1S/C18H19N3/c1-13-15(14-7-3-2-4-8-14)11-12-21(13)18-19-16-9-5-6-10-17(16)20-18/h2-10,13,15H,11-12H2,1H3,(H,19,20). The molecule has 0 bridgehead atoms. The minimum atomic E-state index is 0.466. The van der Waals surface area contributed by atoms with Crippen LogP contribution in [0.5, 0.6) is 0 Å². The summed E-state index contributed by atoms with van der Waals surface area (Å²) >= 11 is 0. The second kappa shape index (κ2) is 4.92. The van der Waals surface area contributed by atoms with Crippen LogP contribution in [0, 0.1) is 0 Å². The SMILES string of the molecule is CC1C(c2ccccc2)CCN1c1nc2ccccc2[nH]1. The predicted molar refractivity (Wildman–Crippen MR) is 86.7 cm³/mol. The van der Waals surface area contributed by atoms with Crippen LogP contribution in [0.2, 0.25) is 0 Å². The van der Waals surface area contributed by atoms with Crippen molar-refractivity contribution in [2.45, 2.75) is 25.3 Å². The number of fused-ring (bicyclic) bond motifs is 1. The lowest BCUT2D eigenvalue weighted by atomic mass is 9.93. The van der Waals surface area contributed by atoms with Gasteiger partial charge in [0, 0.05) is 18.5 Å². The van der Waals surface area contributed by atoms with Crippen LogP contribution in [-0.2, 0) is 0 Å². The highest BCUT2D eigenvalue weighted by Gasteiger charge is 2.33. The van der Waals surface area contributed by atoms with Gasteiger partial charge in [-0.3, -0.25) is 0 Å². The highest BCUT2D eigenvalue weighted by molar-refractivity contribution is 5.77. The van der Waals surface area contributed by atoms with Gasteiger partial charge < -0.3 is 9.88 Å². The third-order valence-electron chi connectivity index (χ3n) is 4.63. The Kier molecular flexibility index (Phi) is 2.92. The molecule has 3 nitrogen and oxygen atoms in total. The van der Waals surface area contributed by atoms with Crippen molar-refractivity contribution in [2.75, 3.05) is 11.4 Å². The molecule has 2 heterocycles. The van der Waals surface area contributed by atoms with Crippen LogP contribution in [0.1, 0.15) is 24.8 Å². The highest BCUT2D eigenvalue weighted by Crippen LogP contribution is 2.35. The van der Waals surface area contributed by atoms with Crippen molar-refractivity contribution in [3.05, 3.63) is 60.2 Å². The average molecular weight is 277 g/mol. The van der Waals surface area contributed by atoms with Crippen molar-refractivity contribution in [1.29, 1.82) is 0 Å². The molecule has 3 heteroatoms. The molecule has 1 aromatic heterocycles. The van der Waals surface area contributed by atoms with Gasteiger partial charge in [-0.15, -0.1) is 0 Å². The maximum Gasteiger partial charge on any atom is 0.204 e. The number of hydrogen-bond acceptors (Lipinski definition) is 2. The van der Waals surface area contributed by atoms with Crippen LogP contribution in [0.25, 0.3) is 11.0 Å². The first kappa shape index (κ1) is 12.5. The Bertz CT molecular complexity index is 714. The molecule has 21 heavy (non-hydrogen) atoms. The Labute approximate surface area is 124 Å². The molecule has 1 saturated heterocycles. The zero-order chi connectivity index (χ0) is 14.2. The summed E-state index contributed by atoms with van der Waals surface area (Å²) in [6.45, 7) is 3.36. The van der Waals surface area contributed by atoms with Crippen LogP contribution >= 0.6 is 0 Å². The van der Waals surface area contributed by atoms with E-state index in [2.05, 4.69) is 59.3 Å². The molecule has 0 aliphatic carbocycles. The minimum Gasteiger partial charge on any atom is -0.339 e. The summed E-state index contributed by atoms with van der Waals surface area (Å²) in [6.07, 6.45) is 1.18. The number of hydrogen-bond donors (Lipinski definition) is 1. The molecule has 1 N–H and O–H groups in total. The van der Waals surface area contributed by atoms with Crippen LogP contribution in [0.4, 0.5) is 5.95 Å². The summed E-state index contributed by atoms with van der Waals surface area (Å²) < 4.78 is 0. The summed E-state index contributed by atoms with van der Waals surface area (Å²) in [6, 6.07) is 19.5. The van der Waals surface area contributed by atoms with Crippen molar-refractivity contribution in [1.82, 2.24) is 9.97 Å². The molecule has 0 saturated carbocycles. The van der Waals surface area contributed by atoms with E-state index in [-0.39, 0.29) is 0 Å². The average Bonchev–Trinajstić information content (AvgIpc) is 3.11. The molecule has 0 radical (unpaired) electrons. The summed E-state index contributed by atoms with van der Waals surface area (Å²) in [4.78, 5) is 10.6. The van der Waals surface area contributed by atoms with E-state index in [0.717, 1.165) is 23.5 Å². The topological polar surface area (TPSA) is 31.9 Å². The Morgan fingerprint density at radius 1 is 1.05 bits per heavy atom. The number of H-pyrrole nitrogens is 1. The monoisotopic (exact) mass is 277 g/mol. The van der Waals surface area contributed by atoms with E-state index < -0.39 is 0 Å². The fraction of sp³-hybridized carbons (Fsp3) is 0.278. The van der Waals surface area contributed by atoms with Gasteiger partial charge in [-0.25, -0.2) is 4.98 Å². The van der Waals surface area contributed by atoms with E-state index in [1.165, 1.54) is 12.0 Å². The lowest BCUT2D eigenvalue weighted by Gasteiger charge is -2.24. The number of aromatic amines is 1. The van der Waals surface area contributed by atoms with Gasteiger partial charge >= 0.3 is 0 Å². The first-order valence-electron chi connectivity index (χ1n) is 7.59. The predicted octanol–water partition coefficient (Wildman–Crippen LogP) is 3.95. The molecule has 1 fully saturated rings. The van der Waals surface area contributed by atoms with Crippen molar-refractivity contribution >= 4 is 17.0 Å². The Morgan fingerprint density at radius 3 is 2.62 bits per heavy atom. The maximum absolute atomic E-state index is 4.74. The molecule has 1 aliphatic rings. The zero-order valence-electron chi connectivity index (χ0n) is 12.2. The second-order valence-electron chi connectivity index (χ2n) is 5.82.